The molecular formula is C14H14F2NO2P. The summed E-state index contributed by atoms with van der Waals surface area (Å²) in [5.74, 6) is -1.79. The van der Waals surface area contributed by atoms with E-state index in [0.29, 0.717) is 23.2 Å². The van der Waals surface area contributed by atoms with Crippen molar-refractivity contribution in [2.24, 2.45) is 0 Å². The highest BCUT2D eigenvalue weighted by Crippen LogP contribution is 2.33. The van der Waals surface area contributed by atoms with Crippen LogP contribution in [0.2, 0.25) is 0 Å². The molecule has 1 atom stereocenters. The number of benzene rings is 1. The number of aromatic nitrogens is 1. The molecule has 0 radical (unpaired) electrons. The van der Waals surface area contributed by atoms with E-state index in [2.05, 4.69) is 9.39 Å². The highest BCUT2D eigenvalue weighted by molar-refractivity contribution is 7.14. The minimum Gasteiger partial charge on any atom is -0.465 e. The van der Waals surface area contributed by atoms with Crippen molar-refractivity contribution in [2.75, 3.05) is 7.11 Å². The molecule has 0 aliphatic rings. The molecule has 0 aliphatic heterocycles. The molecule has 0 fully saturated rings. The highest BCUT2D eigenvalue weighted by atomic mass is 31.0. The number of methoxy groups -OCH3 is 1. The molecule has 0 saturated carbocycles. The molecule has 0 amide bonds. The molecule has 6 heteroatoms. The summed E-state index contributed by atoms with van der Waals surface area (Å²) in [6.07, 6.45) is 2.09. The van der Waals surface area contributed by atoms with Crippen LogP contribution in [0.25, 0.3) is 11.3 Å². The normalized spacial score (nSPS) is 10.7. The minimum absolute atomic E-state index is 0.244. The molecule has 0 spiro atoms. The van der Waals surface area contributed by atoms with Gasteiger partial charge in [0.2, 0.25) is 0 Å². The predicted molar refractivity (Wildman–Crippen MR) is 75.6 cm³/mol. The third-order valence-electron chi connectivity index (χ3n) is 3.08. The molecular weight excluding hydrogens is 283 g/mol. The van der Waals surface area contributed by atoms with Gasteiger partial charge < -0.3 is 9.07 Å². The van der Waals surface area contributed by atoms with Crippen LogP contribution in [0.3, 0.4) is 0 Å². The van der Waals surface area contributed by atoms with Gasteiger partial charge in [0.15, 0.2) is 0 Å². The lowest BCUT2D eigenvalue weighted by atomic mass is 10.0. The highest BCUT2D eigenvalue weighted by Gasteiger charge is 2.21. The summed E-state index contributed by atoms with van der Waals surface area (Å²) in [5, 5.41) is 0. The van der Waals surface area contributed by atoms with E-state index in [1.807, 2.05) is 6.92 Å². The first-order valence-electron chi connectivity index (χ1n) is 6.02. The number of hydrogen-bond acceptors (Lipinski definition) is 2. The lowest BCUT2D eigenvalue weighted by Gasteiger charge is -2.08. The first-order chi connectivity index (χ1) is 9.49. The smallest absolute Gasteiger partial charge is 0.339 e. The standard InChI is InChI=1S/C14H14F2NO2P/c1-3-9-11(14(18)19-2)7-17(20)13(9)10-5-4-8(15)6-12(10)16/h4-7H,3,20H2,1-2H3. The van der Waals surface area contributed by atoms with Gasteiger partial charge in [-0.15, -0.1) is 0 Å². The van der Waals surface area contributed by atoms with Gasteiger partial charge in [-0.05, 0) is 33.5 Å². The van der Waals surface area contributed by atoms with Crippen LogP contribution >= 0.6 is 9.39 Å². The van der Waals surface area contributed by atoms with Crippen molar-refractivity contribution in [1.29, 1.82) is 0 Å². The van der Waals surface area contributed by atoms with Gasteiger partial charge in [0.1, 0.15) is 11.6 Å². The van der Waals surface area contributed by atoms with Crippen LogP contribution in [0, 0.1) is 11.6 Å². The number of carbonyl (C=O) groups excluding carboxylic acids is 1. The third kappa shape index (κ3) is 2.46. The van der Waals surface area contributed by atoms with Crippen LogP contribution in [0.1, 0.15) is 22.8 Å². The Labute approximate surface area is 117 Å². The molecule has 2 aromatic rings. The Kier molecular flexibility index (Phi) is 4.19. The van der Waals surface area contributed by atoms with E-state index in [0.717, 1.165) is 6.07 Å². The van der Waals surface area contributed by atoms with Gasteiger partial charge >= 0.3 is 5.97 Å². The first kappa shape index (κ1) is 14.7. The summed E-state index contributed by atoms with van der Waals surface area (Å²) in [4.78, 5) is 11.7. The number of ether oxygens (including phenoxy) is 1. The molecule has 0 aliphatic carbocycles. The van der Waals surface area contributed by atoms with Crippen molar-refractivity contribution in [2.45, 2.75) is 13.3 Å². The fraction of sp³-hybridized carbons (Fsp3) is 0.214. The second-order valence-electron chi connectivity index (χ2n) is 4.25. The SMILES string of the molecule is CCc1c(C(=O)OC)cn(P)c1-c1ccc(F)cc1F. The monoisotopic (exact) mass is 297 g/mol. The molecule has 0 saturated heterocycles. The summed E-state index contributed by atoms with van der Waals surface area (Å²) in [6, 6.07) is 3.37. The van der Waals surface area contributed by atoms with Crippen LogP contribution in [0.15, 0.2) is 24.4 Å². The van der Waals surface area contributed by atoms with Crippen molar-refractivity contribution < 1.29 is 18.3 Å². The van der Waals surface area contributed by atoms with E-state index in [-0.39, 0.29) is 5.56 Å². The van der Waals surface area contributed by atoms with Crippen LogP contribution < -0.4 is 0 Å². The van der Waals surface area contributed by atoms with Crippen molar-refractivity contribution in [3.63, 3.8) is 0 Å². The molecule has 0 bridgehead atoms. The first-order valence-corrected chi connectivity index (χ1v) is 6.54. The van der Waals surface area contributed by atoms with E-state index in [1.165, 1.54) is 19.2 Å². The minimum atomic E-state index is -0.669. The van der Waals surface area contributed by atoms with Crippen LogP contribution in [-0.4, -0.2) is 17.4 Å². The summed E-state index contributed by atoms with van der Waals surface area (Å²) in [6.45, 7) is 1.86. The Morgan fingerprint density at radius 3 is 2.65 bits per heavy atom. The van der Waals surface area contributed by atoms with Gasteiger partial charge in [-0.1, -0.05) is 6.92 Å². The number of carbonyl (C=O) groups is 1. The Morgan fingerprint density at radius 1 is 1.40 bits per heavy atom. The molecule has 1 unspecified atom stereocenters. The molecule has 2 rings (SSSR count). The third-order valence-corrected chi connectivity index (χ3v) is 3.49. The van der Waals surface area contributed by atoms with Gasteiger partial charge in [-0.25, -0.2) is 13.6 Å². The topological polar surface area (TPSA) is 31.2 Å². The summed E-state index contributed by atoms with van der Waals surface area (Å²) in [7, 11) is 3.68. The van der Waals surface area contributed by atoms with Crippen LogP contribution in [0.5, 0.6) is 0 Å². The zero-order chi connectivity index (χ0) is 14.9. The van der Waals surface area contributed by atoms with Gasteiger partial charge in [0.25, 0.3) is 0 Å². The van der Waals surface area contributed by atoms with Gasteiger partial charge in [0, 0.05) is 17.8 Å². The second kappa shape index (κ2) is 5.71. The van der Waals surface area contributed by atoms with Crippen LogP contribution in [0.4, 0.5) is 8.78 Å². The van der Waals surface area contributed by atoms with Gasteiger partial charge in [-0.3, -0.25) is 0 Å². The lowest BCUT2D eigenvalue weighted by Crippen LogP contribution is -2.03. The summed E-state index contributed by atoms with van der Waals surface area (Å²) >= 11 is 0. The molecule has 1 heterocycles. The van der Waals surface area contributed by atoms with E-state index < -0.39 is 17.6 Å². The maximum absolute atomic E-state index is 13.9. The molecule has 106 valence electrons. The number of esters is 1. The van der Waals surface area contributed by atoms with Crippen molar-refractivity contribution in [1.82, 2.24) is 4.34 Å². The predicted octanol–water partition coefficient (Wildman–Crippen LogP) is 3.42. The van der Waals surface area contributed by atoms with Gasteiger partial charge in [-0.2, -0.15) is 0 Å². The van der Waals surface area contributed by atoms with Gasteiger partial charge in [0.05, 0.1) is 18.4 Å². The Balaban J connectivity index is 2.67. The lowest BCUT2D eigenvalue weighted by molar-refractivity contribution is 0.0600. The quantitative estimate of drug-likeness (QED) is 0.642. The van der Waals surface area contributed by atoms with E-state index in [4.69, 9.17) is 4.74 Å². The molecule has 0 N–H and O–H groups in total. The molecule has 1 aromatic carbocycles. The van der Waals surface area contributed by atoms with Crippen molar-refractivity contribution in [3.8, 4) is 11.3 Å². The average Bonchev–Trinajstić information content (AvgIpc) is 2.75. The Bertz CT molecular complexity index is 667. The number of hydrogen-bond donors (Lipinski definition) is 0. The zero-order valence-electron chi connectivity index (χ0n) is 11.1. The number of rotatable bonds is 3. The fourth-order valence-corrected chi connectivity index (χ4v) is 2.64. The number of halogens is 2. The fourth-order valence-electron chi connectivity index (χ4n) is 2.19. The largest absolute Gasteiger partial charge is 0.465 e. The van der Waals surface area contributed by atoms with E-state index in [1.54, 1.807) is 10.5 Å². The van der Waals surface area contributed by atoms with E-state index in [9.17, 15) is 13.6 Å². The molecule has 1 aromatic heterocycles. The second-order valence-corrected chi connectivity index (χ2v) is 4.80. The maximum atomic E-state index is 13.9. The Hall–Kier alpha value is -1.74. The van der Waals surface area contributed by atoms with E-state index >= 15 is 0 Å². The summed E-state index contributed by atoms with van der Waals surface area (Å²) < 4.78 is 33.2. The summed E-state index contributed by atoms with van der Waals surface area (Å²) in [5.41, 5.74) is 1.81. The maximum Gasteiger partial charge on any atom is 0.339 e. The molecule has 20 heavy (non-hydrogen) atoms. The van der Waals surface area contributed by atoms with Crippen molar-refractivity contribution in [3.05, 3.63) is 47.2 Å². The average molecular weight is 297 g/mol. The Morgan fingerprint density at radius 2 is 2.10 bits per heavy atom. The zero-order valence-corrected chi connectivity index (χ0v) is 12.3. The molecule has 3 nitrogen and oxygen atoms in total. The van der Waals surface area contributed by atoms with Crippen LogP contribution in [-0.2, 0) is 11.2 Å². The van der Waals surface area contributed by atoms with Crippen molar-refractivity contribution >= 4 is 15.4 Å². The number of nitrogens with zero attached hydrogens (tertiary/aromatic N) is 1.